The van der Waals surface area contributed by atoms with Crippen molar-refractivity contribution in [2.24, 2.45) is 5.92 Å². The molecule has 5 rings (SSSR count). The predicted octanol–water partition coefficient (Wildman–Crippen LogP) is 2.27. The number of imide groups is 1. The van der Waals surface area contributed by atoms with Crippen molar-refractivity contribution in [1.82, 2.24) is 9.88 Å². The van der Waals surface area contributed by atoms with Gasteiger partial charge in [-0.1, -0.05) is 35.2 Å². The van der Waals surface area contributed by atoms with Crippen LogP contribution in [0.2, 0.25) is 0 Å². The fraction of sp³-hybridized carbons (Fsp3) is 0.182. The molecular formula is C22H16FN3O5S2. The first-order chi connectivity index (χ1) is 15.8. The number of aromatic hydroxyl groups is 1. The number of carbonyl (C=O) groups excluding carboxylic acids is 3. The summed E-state index contributed by atoms with van der Waals surface area (Å²) in [7, 11) is 0. The lowest BCUT2D eigenvalue weighted by Crippen LogP contribution is -2.32. The fourth-order valence-electron chi connectivity index (χ4n) is 4.09. The molecule has 3 atom stereocenters. The molecule has 11 heteroatoms. The van der Waals surface area contributed by atoms with E-state index in [1.54, 1.807) is 12.1 Å². The van der Waals surface area contributed by atoms with Crippen molar-refractivity contribution in [2.45, 2.75) is 22.7 Å². The fourth-order valence-corrected chi connectivity index (χ4v) is 6.83. The van der Waals surface area contributed by atoms with Gasteiger partial charge < -0.3 is 10.4 Å². The van der Waals surface area contributed by atoms with E-state index in [-0.39, 0.29) is 12.3 Å². The minimum atomic E-state index is -0.746. The van der Waals surface area contributed by atoms with Crippen molar-refractivity contribution in [2.75, 3.05) is 5.32 Å². The van der Waals surface area contributed by atoms with Crippen LogP contribution in [0.3, 0.4) is 0 Å². The Morgan fingerprint density at radius 1 is 1.06 bits per heavy atom. The predicted molar refractivity (Wildman–Crippen MR) is 120 cm³/mol. The van der Waals surface area contributed by atoms with Gasteiger partial charge in [-0.25, -0.2) is 4.39 Å². The van der Waals surface area contributed by atoms with E-state index in [2.05, 4.69) is 10.6 Å². The monoisotopic (exact) mass is 485 g/mol. The van der Waals surface area contributed by atoms with Gasteiger partial charge in [-0.15, -0.1) is 0 Å². The minimum Gasteiger partial charge on any atom is -0.508 e. The summed E-state index contributed by atoms with van der Waals surface area (Å²) in [5, 5.41) is 14.4. The van der Waals surface area contributed by atoms with E-state index < -0.39 is 45.5 Å². The van der Waals surface area contributed by atoms with Crippen LogP contribution in [0.4, 0.5) is 10.1 Å². The molecule has 2 aromatic carbocycles. The molecule has 0 spiro atoms. The number of amides is 3. The number of hydrogen-bond acceptors (Lipinski definition) is 7. The zero-order valence-electron chi connectivity index (χ0n) is 16.8. The molecule has 168 valence electrons. The molecule has 0 bridgehead atoms. The highest BCUT2D eigenvalue weighted by Gasteiger charge is 2.52. The van der Waals surface area contributed by atoms with Gasteiger partial charge in [-0.3, -0.25) is 29.1 Å². The van der Waals surface area contributed by atoms with Crippen molar-refractivity contribution in [3.8, 4) is 5.75 Å². The molecule has 0 radical (unpaired) electrons. The average Bonchev–Trinajstić information content (AvgIpc) is 3.24. The van der Waals surface area contributed by atoms with E-state index in [9.17, 15) is 28.7 Å². The lowest BCUT2D eigenvalue weighted by atomic mass is 9.83. The number of halogens is 1. The summed E-state index contributed by atoms with van der Waals surface area (Å²) in [5.74, 6) is -3.01. The Morgan fingerprint density at radius 2 is 1.76 bits per heavy atom. The molecule has 0 aliphatic carbocycles. The van der Waals surface area contributed by atoms with E-state index in [0.717, 1.165) is 23.1 Å². The summed E-state index contributed by atoms with van der Waals surface area (Å²) in [5.41, 5.74) is 1.06. The topological polar surface area (TPSA) is 118 Å². The average molecular weight is 486 g/mol. The molecule has 3 unspecified atom stereocenters. The van der Waals surface area contributed by atoms with Gasteiger partial charge in [0.2, 0.25) is 17.7 Å². The SMILES string of the molecule is O=C(Cn1c2c(sc1=O)C(c1ccc(O)cc1)C1C(=O)NC(=O)C1S2)Nc1ccc(F)cc1. The van der Waals surface area contributed by atoms with Gasteiger partial charge in [0.25, 0.3) is 0 Å². The number of aromatic nitrogens is 1. The Bertz CT molecular complexity index is 1330. The lowest BCUT2D eigenvalue weighted by molar-refractivity contribution is -0.126. The van der Waals surface area contributed by atoms with Crippen LogP contribution in [-0.2, 0) is 20.9 Å². The van der Waals surface area contributed by atoms with Crippen LogP contribution in [-0.4, -0.2) is 32.6 Å². The number of thiazole rings is 1. The zero-order valence-corrected chi connectivity index (χ0v) is 18.4. The van der Waals surface area contributed by atoms with Crippen LogP contribution >= 0.6 is 23.1 Å². The normalized spacial score (nSPS) is 21.3. The highest BCUT2D eigenvalue weighted by Crippen LogP contribution is 2.51. The minimum absolute atomic E-state index is 0.0517. The maximum absolute atomic E-state index is 13.1. The molecule has 33 heavy (non-hydrogen) atoms. The van der Waals surface area contributed by atoms with Gasteiger partial charge in [0.1, 0.15) is 23.4 Å². The summed E-state index contributed by atoms with van der Waals surface area (Å²) >= 11 is 2.03. The number of nitrogens with one attached hydrogen (secondary N) is 2. The molecule has 3 N–H and O–H groups in total. The maximum atomic E-state index is 13.1. The van der Waals surface area contributed by atoms with Crippen molar-refractivity contribution in [3.05, 3.63) is 74.5 Å². The third kappa shape index (κ3) is 3.83. The first-order valence-corrected chi connectivity index (χ1v) is 11.6. The molecule has 2 aliphatic rings. The number of anilines is 1. The number of phenolic OH excluding ortho intramolecular Hbond substituents is 1. The molecule has 1 saturated heterocycles. The Kier molecular flexibility index (Phi) is 5.29. The molecular weight excluding hydrogens is 469 g/mol. The number of phenols is 1. The van der Waals surface area contributed by atoms with E-state index in [1.807, 2.05) is 0 Å². The molecule has 2 aliphatic heterocycles. The van der Waals surface area contributed by atoms with Crippen molar-refractivity contribution >= 4 is 46.5 Å². The third-order valence-corrected chi connectivity index (χ3v) is 8.19. The number of benzene rings is 2. The number of rotatable bonds is 4. The molecule has 1 fully saturated rings. The first-order valence-electron chi connectivity index (χ1n) is 9.91. The second-order valence-corrected chi connectivity index (χ2v) is 9.79. The van der Waals surface area contributed by atoms with Crippen LogP contribution in [0.1, 0.15) is 16.4 Å². The van der Waals surface area contributed by atoms with Gasteiger partial charge in [-0.2, -0.15) is 0 Å². The summed E-state index contributed by atoms with van der Waals surface area (Å²) in [6.07, 6.45) is 0. The summed E-state index contributed by atoms with van der Waals surface area (Å²) in [6, 6.07) is 11.5. The number of hydrogen-bond donors (Lipinski definition) is 3. The van der Waals surface area contributed by atoms with E-state index >= 15 is 0 Å². The molecule has 8 nitrogen and oxygen atoms in total. The second kappa shape index (κ2) is 8.16. The Morgan fingerprint density at radius 3 is 2.45 bits per heavy atom. The van der Waals surface area contributed by atoms with Crippen LogP contribution in [0.15, 0.2) is 58.4 Å². The van der Waals surface area contributed by atoms with Crippen molar-refractivity contribution in [1.29, 1.82) is 0 Å². The number of nitrogens with zero attached hydrogens (tertiary/aromatic N) is 1. The van der Waals surface area contributed by atoms with Gasteiger partial charge >= 0.3 is 4.87 Å². The number of carbonyl (C=O) groups is 3. The molecule has 3 aromatic rings. The van der Waals surface area contributed by atoms with Crippen molar-refractivity contribution in [3.63, 3.8) is 0 Å². The smallest absolute Gasteiger partial charge is 0.308 e. The maximum Gasteiger partial charge on any atom is 0.308 e. The zero-order chi connectivity index (χ0) is 23.3. The van der Waals surface area contributed by atoms with E-state index in [0.29, 0.717) is 21.2 Å². The van der Waals surface area contributed by atoms with E-state index in [1.165, 1.54) is 41.0 Å². The van der Waals surface area contributed by atoms with Crippen LogP contribution in [0, 0.1) is 11.7 Å². The lowest BCUT2D eigenvalue weighted by Gasteiger charge is -2.30. The molecule has 3 heterocycles. The van der Waals surface area contributed by atoms with Gasteiger partial charge in [0.15, 0.2) is 0 Å². The number of thioether (sulfide) groups is 1. The highest BCUT2D eigenvalue weighted by atomic mass is 32.2. The third-order valence-electron chi connectivity index (χ3n) is 5.57. The first kappa shape index (κ1) is 21.4. The quantitative estimate of drug-likeness (QED) is 0.488. The number of fused-ring (bicyclic) bond motifs is 2. The van der Waals surface area contributed by atoms with E-state index in [4.69, 9.17) is 0 Å². The largest absolute Gasteiger partial charge is 0.508 e. The summed E-state index contributed by atoms with van der Waals surface area (Å²) in [4.78, 5) is 50.8. The van der Waals surface area contributed by atoms with Crippen molar-refractivity contribution < 1.29 is 23.9 Å². The van der Waals surface area contributed by atoms with Crippen LogP contribution in [0.25, 0.3) is 0 Å². The van der Waals surface area contributed by atoms with Gasteiger partial charge in [0, 0.05) is 16.5 Å². The Balaban J connectivity index is 1.52. The van der Waals surface area contributed by atoms with Gasteiger partial charge in [-0.05, 0) is 42.0 Å². The van der Waals surface area contributed by atoms with Gasteiger partial charge in [0.05, 0.1) is 10.9 Å². The second-order valence-electron chi connectivity index (χ2n) is 7.67. The molecule has 3 amide bonds. The summed E-state index contributed by atoms with van der Waals surface area (Å²) in [6.45, 7) is -0.301. The Labute approximate surface area is 194 Å². The Hall–Kier alpha value is -3.44. The highest BCUT2D eigenvalue weighted by molar-refractivity contribution is 8.00. The molecule has 0 saturated carbocycles. The molecule has 1 aromatic heterocycles. The summed E-state index contributed by atoms with van der Waals surface area (Å²) < 4.78 is 14.4. The standard InChI is InChI=1S/C22H16FN3O5S2/c23-11-3-5-12(6-4-11)24-14(28)9-26-21-18(33-22(26)31)15(10-1-7-13(27)8-2-10)16-17(32-21)20(30)25-19(16)29/h1-8,15-17,27H,9H2,(H,24,28)(H,25,29,30). The van der Waals surface area contributed by atoms with Crippen LogP contribution in [0.5, 0.6) is 5.75 Å². The van der Waals surface area contributed by atoms with Crippen LogP contribution < -0.4 is 15.5 Å².